The van der Waals surface area contributed by atoms with Crippen molar-refractivity contribution in [1.29, 1.82) is 0 Å². The van der Waals surface area contributed by atoms with Gasteiger partial charge >= 0.3 is 0 Å². The first-order valence-electron chi connectivity index (χ1n) is 10.6. The van der Waals surface area contributed by atoms with Crippen LogP contribution in [0.15, 0.2) is 24.0 Å². The fraction of sp³-hybridized carbons (Fsp3) is 0.652. The Morgan fingerprint density at radius 3 is 2.79 bits per heavy atom. The maximum Gasteiger partial charge on any atom is 0.161 e. The van der Waals surface area contributed by atoms with Crippen LogP contribution in [0.4, 0.5) is 0 Å². The van der Waals surface area contributed by atoms with E-state index in [-0.39, 0.29) is 11.8 Å². The van der Waals surface area contributed by atoms with E-state index in [1.807, 2.05) is 12.3 Å². The SMILES string of the molecule is CO/C=C1\CC[C@@]2(O)[C@@H]3Cc4ccc(OC)c(O)c4[C@]2(CCN3CC2CC2)C1. The van der Waals surface area contributed by atoms with Crippen LogP contribution >= 0.6 is 0 Å². The number of phenolic OH excluding ortho intramolecular Hbond substituents is 1. The van der Waals surface area contributed by atoms with Gasteiger partial charge in [-0.3, -0.25) is 4.90 Å². The standard InChI is InChI=1S/C23H31NO4/c1-27-14-16-7-8-23(26)19-11-17-5-6-18(28-2)21(25)20(17)22(23,12-16)9-10-24(19)13-15-3-4-15/h5-6,14-15,19,25-26H,3-4,7-13H2,1-2H3/b16-14+/t19-,22-,23+/m0/s1. The number of aliphatic hydroxyl groups is 1. The second-order valence-corrected chi connectivity index (χ2v) is 9.25. The molecule has 152 valence electrons. The minimum Gasteiger partial charge on any atom is -0.504 e. The molecule has 5 rings (SSSR count). The Morgan fingerprint density at radius 1 is 1.25 bits per heavy atom. The topological polar surface area (TPSA) is 62.2 Å². The van der Waals surface area contributed by atoms with E-state index in [0.717, 1.165) is 55.8 Å². The van der Waals surface area contributed by atoms with Gasteiger partial charge in [0.2, 0.25) is 0 Å². The number of rotatable bonds is 4. The Bertz CT molecular complexity index is 817. The summed E-state index contributed by atoms with van der Waals surface area (Å²) in [5, 5.41) is 23.4. The number of methoxy groups -OCH3 is 2. The van der Waals surface area contributed by atoms with Gasteiger partial charge < -0.3 is 19.7 Å². The molecule has 3 aliphatic carbocycles. The number of fused-ring (bicyclic) bond motifs is 1. The largest absolute Gasteiger partial charge is 0.504 e. The highest BCUT2D eigenvalue weighted by atomic mass is 16.5. The second-order valence-electron chi connectivity index (χ2n) is 9.25. The second kappa shape index (κ2) is 6.39. The molecule has 2 saturated carbocycles. The van der Waals surface area contributed by atoms with E-state index in [9.17, 15) is 10.2 Å². The highest BCUT2D eigenvalue weighted by molar-refractivity contribution is 5.58. The van der Waals surface area contributed by atoms with Crippen molar-refractivity contribution in [3.05, 3.63) is 35.1 Å². The van der Waals surface area contributed by atoms with Gasteiger partial charge in [-0.05, 0) is 74.6 Å². The molecule has 1 saturated heterocycles. The van der Waals surface area contributed by atoms with Crippen LogP contribution < -0.4 is 4.74 Å². The lowest BCUT2D eigenvalue weighted by atomic mass is 9.48. The van der Waals surface area contributed by atoms with Gasteiger partial charge in [-0.25, -0.2) is 0 Å². The quantitative estimate of drug-likeness (QED) is 0.780. The molecular weight excluding hydrogens is 354 g/mol. The third-order valence-electron chi connectivity index (χ3n) is 7.82. The Kier molecular flexibility index (Phi) is 4.18. The molecule has 5 heteroatoms. The van der Waals surface area contributed by atoms with Crippen molar-refractivity contribution in [2.24, 2.45) is 5.92 Å². The van der Waals surface area contributed by atoms with E-state index < -0.39 is 11.0 Å². The number of hydrogen-bond acceptors (Lipinski definition) is 5. The number of phenols is 1. The van der Waals surface area contributed by atoms with Crippen LogP contribution in [0.1, 0.15) is 49.7 Å². The van der Waals surface area contributed by atoms with Gasteiger partial charge in [-0.2, -0.15) is 0 Å². The van der Waals surface area contributed by atoms with Crippen LogP contribution in [0.5, 0.6) is 11.5 Å². The number of aromatic hydroxyl groups is 1. The summed E-state index contributed by atoms with van der Waals surface area (Å²) in [6.07, 6.45) is 8.42. The Balaban J connectivity index is 1.67. The van der Waals surface area contributed by atoms with Gasteiger partial charge in [0, 0.05) is 23.6 Å². The lowest BCUT2D eigenvalue weighted by Gasteiger charge is -2.64. The Labute approximate surface area is 166 Å². The number of piperidine rings is 1. The molecule has 0 unspecified atom stereocenters. The van der Waals surface area contributed by atoms with Crippen molar-refractivity contribution in [2.45, 2.75) is 62.0 Å². The molecule has 2 N–H and O–H groups in total. The zero-order valence-corrected chi connectivity index (χ0v) is 16.9. The third kappa shape index (κ3) is 2.45. The highest BCUT2D eigenvalue weighted by Crippen LogP contribution is 2.62. The van der Waals surface area contributed by atoms with Crippen LogP contribution in [0.25, 0.3) is 0 Å². The summed E-state index contributed by atoms with van der Waals surface area (Å²) in [5.74, 6) is 1.51. The number of allylic oxidation sites excluding steroid dienone is 1. The molecule has 1 aromatic rings. The average molecular weight is 386 g/mol. The molecule has 1 heterocycles. The molecule has 3 fully saturated rings. The molecule has 1 aliphatic heterocycles. The molecule has 1 aromatic carbocycles. The number of hydrogen-bond donors (Lipinski definition) is 2. The minimum atomic E-state index is -0.831. The van der Waals surface area contributed by atoms with Gasteiger partial charge in [0.05, 0.1) is 26.1 Å². The van der Waals surface area contributed by atoms with Crippen molar-refractivity contribution in [2.75, 3.05) is 27.3 Å². The number of nitrogens with zero attached hydrogens (tertiary/aromatic N) is 1. The van der Waals surface area contributed by atoms with Crippen LogP contribution in [0.3, 0.4) is 0 Å². The minimum absolute atomic E-state index is 0.117. The fourth-order valence-corrected chi connectivity index (χ4v) is 6.34. The van der Waals surface area contributed by atoms with Crippen molar-refractivity contribution in [3.63, 3.8) is 0 Å². The van der Waals surface area contributed by atoms with E-state index in [1.54, 1.807) is 14.2 Å². The van der Waals surface area contributed by atoms with E-state index in [4.69, 9.17) is 9.47 Å². The average Bonchev–Trinajstić information content (AvgIpc) is 3.49. The molecule has 3 atom stereocenters. The summed E-state index contributed by atoms with van der Waals surface area (Å²) in [6, 6.07) is 4.08. The van der Waals surface area contributed by atoms with Crippen LogP contribution in [-0.4, -0.2) is 54.1 Å². The van der Waals surface area contributed by atoms with E-state index in [2.05, 4.69) is 11.0 Å². The Hall–Kier alpha value is -1.72. The fourth-order valence-electron chi connectivity index (χ4n) is 6.34. The first-order chi connectivity index (χ1) is 13.5. The number of likely N-dealkylation sites (tertiary alicyclic amines) is 1. The van der Waals surface area contributed by atoms with Crippen LogP contribution in [-0.2, 0) is 16.6 Å². The van der Waals surface area contributed by atoms with Gasteiger partial charge in [0.25, 0.3) is 0 Å². The van der Waals surface area contributed by atoms with E-state index in [0.29, 0.717) is 12.2 Å². The maximum absolute atomic E-state index is 12.2. The van der Waals surface area contributed by atoms with Gasteiger partial charge in [0.15, 0.2) is 11.5 Å². The van der Waals surface area contributed by atoms with Crippen molar-refractivity contribution >= 4 is 0 Å². The van der Waals surface area contributed by atoms with Crippen molar-refractivity contribution in [3.8, 4) is 11.5 Å². The van der Waals surface area contributed by atoms with E-state index in [1.165, 1.54) is 18.4 Å². The normalized spacial score (nSPS) is 36.0. The molecule has 0 aromatic heterocycles. The summed E-state index contributed by atoms with van der Waals surface area (Å²) in [5.41, 5.74) is 1.98. The Morgan fingerprint density at radius 2 is 2.07 bits per heavy atom. The number of benzene rings is 1. The first kappa shape index (κ1) is 18.3. The van der Waals surface area contributed by atoms with Crippen LogP contribution in [0.2, 0.25) is 0 Å². The summed E-state index contributed by atoms with van der Waals surface area (Å²) in [6.45, 7) is 2.07. The summed E-state index contributed by atoms with van der Waals surface area (Å²) < 4.78 is 10.8. The van der Waals surface area contributed by atoms with Gasteiger partial charge in [0.1, 0.15) is 0 Å². The smallest absolute Gasteiger partial charge is 0.161 e. The third-order valence-corrected chi connectivity index (χ3v) is 7.82. The lowest BCUT2D eigenvalue weighted by Crippen LogP contribution is -2.72. The van der Waals surface area contributed by atoms with Crippen molar-refractivity contribution in [1.82, 2.24) is 4.90 Å². The first-order valence-corrected chi connectivity index (χ1v) is 10.6. The van der Waals surface area contributed by atoms with Crippen LogP contribution in [0, 0.1) is 5.92 Å². The summed E-state index contributed by atoms with van der Waals surface area (Å²) >= 11 is 0. The molecule has 5 nitrogen and oxygen atoms in total. The maximum atomic E-state index is 12.2. The van der Waals surface area contributed by atoms with E-state index >= 15 is 0 Å². The molecule has 0 radical (unpaired) electrons. The molecule has 2 bridgehead atoms. The predicted octanol–water partition coefficient (Wildman–Crippen LogP) is 3.12. The molecule has 4 aliphatic rings. The zero-order chi connectivity index (χ0) is 19.5. The summed E-state index contributed by atoms with van der Waals surface area (Å²) in [7, 11) is 3.27. The highest BCUT2D eigenvalue weighted by Gasteiger charge is 2.65. The zero-order valence-electron chi connectivity index (χ0n) is 16.9. The molecular formula is C23H31NO4. The monoisotopic (exact) mass is 385 g/mol. The molecule has 28 heavy (non-hydrogen) atoms. The number of ether oxygens (including phenoxy) is 2. The van der Waals surface area contributed by atoms with Crippen molar-refractivity contribution < 1.29 is 19.7 Å². The van der Waals surface area contributed by atoms with Gasteiger partial charge in [-0.1, -0.05) is 6.07 Å². The lowest BCUT2D eigenvalue weighted by molar-refractivity contribution is -0.160. The predicted molar refractivity (Wildman–Crippen MR) is 107 cm³/mol. The summed E-state index contributed by atoms with van der Waals surface area (Å²) in [4.78, 5) is 2.55. The van der Waals surface area contributed by atoms with Gasteiger partial charge in [-0.15, -0.1) is 0 Å². The molecule has 0 spiro atoms. The molecule has 0 amide bonds.